The van der Waals surface area contributed by atoms with Crippen LogP contribution >= 0.6 is 11.6 Å². The first-order chi connectivity index (χ1) is 10.4. The van der Waals surface area contributed by atoms with Gasteiger partial charge in [0.2, 0.25) is 16.0 Å². The summed E-state index contributed by atoms with van der Waals surface area (Å²) in [6.45, 7) is 0.117. The molecule has 22 heavy (non-hydrogen) atoms. The minimum atomic E-state index is -3.47. The van der Waals surface area contributed by atoms with Crippen LogP contribution in [0.3, 0.4) is 0 Å². The number of hydrogen-bond acceptors (Lipinski definition) is 5. The van der Waals surface area contributed by atoms with E-state index >= 15 is 0 Å². The van der Waals surface area contributed by atoms with E-state index in [-0.39, 0.29) is 12.3 Å². The fraction of sp³-hybridized carbons (Fsp3) is 0.286. The first kappa shape index (κ1) is 16.7. The van der Waals surface area contributed by atoms with Crippen LogP contribution in [0, 0.1) is 0 Å². The van der Waals surface area contributed by atoms with Gasteiger partial charge in [-0.2, -0.15) is 0 Å². The van der Waals surface area contributed by atoms with Crippen LogP contribution < -0.4 is 9.62 Å². The van der Waals surface area contributed by atoms with E-state index in [1.807, 2.05) is 14.1 Å². The summed E-state index contributed by atoms with van der Waals surface area (Å²) in [6.07, 6.45) is 1.60. The summed E-state index contributed by atoms with van der Waals surface area (Å²) in [7, 11) is 0.178. The summed E-state index contributed by atoms with van der Waals surface area (Å²) in [6, 6.07) is 8.46. The topological polar surface area (TPSA) is 75.2 Å². The van der Waals surface area contributed by atoms with Gasteiger partial charge in [-0.1, -0.05) is 23.7 Å². The lowest BCUT2D eigenvalue weighted by Gasteiger charge is -2.11. The molecule has 6 nitrogen and oxygen atoms in total. The summed E-state index contributed by atoms with van der Waals surface area (Å²) in [5.41, 5.74) is 1.24. The zero-order valence-corrected chi connectivity index (χ0v) is 13.9. The fourth-order valence-electron chi connectivity index (χ4n) is 1.78. The highest BCUT2D eigenvalue weighted by Crippen LogP contribution is 2.13. The van der Waals surface area contributed by atoms with Crippen LogP contribution in [0.1, 0.15) is 11.3 Å². The number of anilines is 1. The van der Waals surface area contributed by atoms with Gasteiger partial charge >= 0.3 is 0 Å². The predicted octanol–water partition coefficient (Wildman–Crippen LogP) is 1.82. The molecule has 0 saturated heterocycles. The van der Waals surface area contributed by atoms with E-state index in [0.29, 0.717) is 22.2 Å². The van der Waals surface area contributed by atoms with Crippen LogP contribution in [0.5, 0.6) is 0 Å². The molecule has 0 aliphatic rings. The van der Waals surface area contributed by atoms with Crippen LogP contribution in [-0.4, -0.2) is 32.5 Å². The highest BCUT2D eigenvalue weighted by molar-refractivity contribution is 7.88. The zero-order valence-electron chi connectivity index (χ0n) is 12.3. The van der Waals surface area contributed by atoms with Gasteiger partial charge in [0.15, 0.2) is 0 Å². The molecule has 0 aliphatic heterocycles. The summed E-state index contributed by atoms with van der Waals surface area (Å²) in [5, 5.41) is 0.513. The second-order valence-electron chi connectivity index (χ2n) is 4.95. The minimum Gasteiger partial charge on any atom is -0.347 e. The highest BCUT2D eigenvalue weighted by atomic mass is 35.5. The van der Waals surface area contributed by atoms with Gasteiger partial charge in [0.1, 0.15) is 0 Å². The van der Waals surface area contributed by atoms with Crippen molar-refractivity contribution in [2.24, 2.45) is 0 Å². The molecule has 0 fully saturated rings. The molecule has 0 radical (unpaired) electrons. The fourth-order valence-corrected chi connectivity index (χ4v) is 3.08. The van der Waals surface area contributed by atoms with Crippen LogP contribution in [0.25, 0.3) is 0 Å². The van der Waals surface area contributed by atoms with Crippen molar-refractivity contribution >= 4 is 27.6 Å². The Morgan fingerprint density at radius 3 is 2.73 bits per heavy atom. The summed E-state index contributed by atoms with van der Waals surface area (Å²) < 4.78 is 26.7. The Kier molecular flexibility index (Phi) is 5.33. The maximum Gasteiger partial charge on any atom is 0.225 e. The summed E-state index contributed by atoms with van der Waals surface area (Å²) in [5.74, 6) is 0.408. The van der Waals surface area contributed by atoms with E-state index in [9.17, 15) is 8.42 Å². The Balaban J connectivity index is 2.02. The van der Waals surface area contributed by atoms with Crippen molar-refractivity contribution in [1.29, 1.82) is 0 Å². The SMILES string of the molecule is CN(C)c1nccc(CNS(=O)(=O)Cc2cccc(Cl)c2)n1. The van der Waals surface area contributed by atoms with E-state index in [1.54, 1.807) is 41.4 Å². The molecular weight excluding hydrogens is 324 g/mol. The highest BCUT2D eigenvalue weighted by Gasteiger charge is 2.12. The van der Waals surface area contributed by atoms with Crippen molar-refractivity contribution in [3.8, 4) is 0 Å². The summed E-state index contributed by atoms with van der Waals surface area (Å²) in [4.78, 5) is 10.1. The molecule has 0 unspecified atom stereocenters. The van der Waals surface area contributed by atoms with Crippen LogP contribution in [-0.2, 0) is 22.3 Å². The summed E-state index contributed by atoms with van der Waals surface area (Å²) >= 11 is 5.86. The third kappa shape index (κ3) is 4.94. The monoisotopic (exact) mass is 340 g/mol. The largest absolute Gasteiger partial charge is 0.347 e. The Bertz CT molecular complexity index is 750. The molecule has 0 spiro atoms. The lowest BCUT2D eigenvalue weighted by molar-refractivity contribution is 0.579. The predicted molar refractivity (Wildman–Crippen MR) is 87.3 cm³/mol. The molecule has 1 N–H and O–H groups in total. The molecule has 1 aromatic carbocycles. The average molecular weight is 341 g/mol. The van der Waals surface area contributed by atoms with Crippen molar-refractivity contribution in [1.82, 2.24) is 14.7 Å². The number of nitrogens with one attached hydrogen (secondary N) is 1. The van der Waals surface area contributed by atoms with Crippen molar-refractivity contribution in [2.45, 2.75) is 12.3 Å². The van der Waals surface area contributed by atoms with Gasteiger partial charge in [-0.15, -0.1) is 0 Å². The van der Waals surface area contributed by atoms with Gasteiger partial charge < -0.3 is 4.90 Å². The first-order valence-electron chi connectivity index (χ1n) is 6.57. The van der Waals surface area contributed by atoms with E-state index in [1.165, 1.54) is 0 Å². The molecule has 0 aliphatic carbocycles. The number of rotatable bonds is 6. The quantitative estimate of drug-likeness (QED) is 0.868. The van der Waals surface area contributed by atoms with Crippen molar-refractivity contribution in [3.63, 3.8) is 0 Å². The maximum atomic E-state index is 12.1. The third-order valence-corrected chi connectivity index (χ3v) is 4.35. The number of benzene rings is 1. The van der Waals surface area contributed by atoms with Gasteiger partial charge in [0.25, 0.3) is 0 Å². The Labute approximate surface area is 135 Å². The molecule has 2 rings (SSSR count). The number of nitrogens with zero attached hydrogens (tertiary/aromatic N) is 3. The lowest BCUT2D eigenvalue weighted by atomic mass is 10.2. The molecular formula is C14H17ClN4O2S. The molecule has 118 valence electrons. The van der Waals surface area contributed by atoms with Crippen molar-refractivity contribution in [3.05, 3.63) is 52.8 Å². The van der Waals surface area contributed by atoms with Crippen molar-refractivity contribution < 1.29 is 8.42 Å². The van der Waals surface area contributed by atoms with Crippen LogP contribution in [0.15, 0.2) is 36.5 Å². The minimum absolute atomic E-state index is 0.117. The molecule has 0 bridgehead atoms. The first-order valence-corrected chi connectivity index (χ1v) is 8.60. The van der Waals surface area contributed by atoms with Gasteiger partial charge in [0.05, 0.1) is 18.0 Å². The lowest BCUT2D eigenvalue weighted by Crippen LogP contribution is -2.25. The molecule has 2 aromatic rings. The third-order valence-electron chi connectivity index (χ3n) is 2.82. The second-order valence-corrected chi connectivity index (χ2v) is 7.20. The molecule has 0 amide bonds. The molecule has 8 heteroatoms. The molecule has 0 saturated carbocycles. The Morgan fingerprint density at radius 1 is 1.27 bits per heavy atom. The van der Waals surface area contributed by atoms with Gasteiger partial charge in [-0.05, 0) is 23.8 Å². The van der Waals surface area contributed by atoms with Crippen LogP contribution in [0.4, 0.5) is 5.95 Å². The molecule has 0 atom stereocenters. The Hall–Kier alpha value is -1.70. The van der Waals surface area contributed by atoms with Crippen molar-refractivity contribution in [2.75, 3.05) is 19.0 Å². The Morgan fingerprint density at radius 2 is 2.05 bits per heavy atom. The zero-order chi connectivity index (χ0) is 16.2. The number of sulfonamides is 1. The van der Waals surface area contributed by atoms with Crippen LogP contribution in [0.2, 0.25) is 5.02 Å². The number of aromatic nitrogens is 2. The van der Waals surface area contributed by atoms with Gasteiger partial charge in [-0.25, -0.2) is 23.1 Å². The number of hydrogen-bond donors (Lipinski definition) is 1. The van der Waals surface area contributed by atoms with Gasteiger partial charge in [-0.3, -0.25) is 0 Å². The second kappa shape index (κ2) is 7.04. The normalized spacial score (nSPS) is 11.4. The molecule has 1 aromatic heterocycles. The van der Waals surface area contributed by atoms with Gasteiger partial charge in [0, 0.05) is 25.3 Å². The average Bonchev–Trinajstić information content (AvgIpc) is 2.45. The van der Waals surface area contributed by atoms with E-state index in [0.717, 1.165) is 0 Å². The standard InChI is InChI=1S/C14H17ClN4O2S/c1-19(2)14-16-7-6-13(18-14)9-17-22(20,21)10-11-4-3-5-12(15)8-11/h3-8,17H,9-10H2,1-2H3. The maximum absolute atomic E-state index is 12.1. The molecule has 1 heterocycles. The van der Waals surface area contributed by atoms with E-state index in [4.69, 9.17) is 11.6 Å². The number of halogens is 1. The van der Waals surface area contributed by atoms with E-state index in [2.05, 4.69) is 14.7 Å². The smallest absolute Gasteiger partial charge is 0.225 e. The van der Waals surface area contributed by atoms with E-state index < -0.39 is 10.0 Å².